The molecule has 0 aromatic heterocycles. The Labute approximate surface area is 150 Å². The molecule has 142 valence electrons. The minimum atomic E-state index is -0.791. The van der Waals surface area contributed by atoms with Gasteiger partial charge in [0.2, 0.25) is 0 Å². The monoisotopic (exact) mass is 352 g/mol. The van der Waals surface area contributed by atoms with Gasteiger partial charge < -0.3 is 20.4 Å². The van der Waals surface area contributed by atoms with Crippen LogP contribution in [-0.4, -0.2) is 44.7 Å². The summed E-state index contributed by atoms with van der Waals surface area (Å²) in [5.41, 5.74) is 0. The molecule has 0 spiro atoms. The highest BCUT2D eigenvalue weighted by atomic mass is 16.4. The van der Waals surface area contributed by atoms with E-state index >= 15 is 0 Å². The third-order valence-electron chi connectivity index (χ3n) is 4.59. The number of aliphatic hydroxyl groups excluding tert-OH is 3. The van der Waals surface area contributed by atoms with Crippen LogP contribution in [0.15, 0.2) is 36.5 Å². The van der Waals surface area contributed by atoms with Gasteiger partial charge in [0.1, 0.15) is 0 Å². The van der Waals surface area contributed by atoms with Crippen molar-refractivity contribution in [2.45, 2.75) is 70.2 Å². The number of rotatable bonds is 11. The number of hydrogen-bond donors (Lipinski definition) is 4. The summed E-state index contributed by atoms with van der Waals surface area (Å²) >= 11 is 0. The number of aliphatic hydroxyl groups is 3. The van der Waals surface area contributed by atoms with Crippen molar-refractivity contribution in [2.75, 3.05) is 0 Å². The van der Waals surface area contributed by atoms with Gasteiger partial charge in [0, 0.05) is 18.8 Å². The van der Waals surface area contributed by atoms with Gasteiger partial charge in [-0.25, -0.2) is 0 Å². The standard InChI is InChI=1S/C20H32O5/c1-2-3-6-9-15(21)12-13-17-16(18(22)14-19(17)23)10-7-4-5-8-11-20(24)25/h3-4,6-7,12-13,15-19,21-23H,2,5,8-11,14H2,1H3,(H,24,25)/b6-3+,7-4+,13-12+. The highest BCUT2D eigenvalue weighted by Gasteiger charge is 2.39. The lowest BCUT2D eigenvalue weighted by Gasteiger charge is -2.19. The average molecular weight is 352 g/mol. The van der Waals surface area contributed by atoms with E-state index in [1.54, 1.807) is 6.08 Å². The summed E-state index contributed by atoms with van der Waals surface area (Å²) in [6.45, 7) is 2.04. The molecule has 1 fully saturated rings. The molecule has 0 amide bonds. The predicted octanol–water partition coefficient (Wildman–Crippen LogP) is 2.82. The van der Waals surface area contributed by atoms with Crippen molar-refractivity contribution in [3.63, 3.8) is 0 Å². The summed E-state index contributed by atoms with van der Waals surface area (Å²) in [7, 11) is 0. The van der Waals surface area contributed by atoms with E-state index < -0.39 is 24.3 Å². The largest absolute Gasteiger partial charge is 0.481 e. The minimum Gasteiger partial charge on any atom is -0.481 e. The molecule has 0 heterocycles. The smallest absolute Gasteiger partial charge is 0.303 e. The molecular weight excluding hydrogens is 320 g/mol. The van der Waals surface area contributed by atoms with Crippen molar-refractivity contribution in [2.24, 2.45) is 11.8 Å². The maximum atomic E-state index is 10.5. The van der Waals surface area contributed by atoms with E-state index in [9.17, 15) is 20.1 Å². The van der Waals surface area contributed by atoms with Crippen LogP contribution in [0.4, 0.5) is 0 Å². The van der Waals surface area contributed by atoms with Crippen LogP contribution in [0.25, 0.3) is 0 Å². The molecule has 5 nitrogen and oxygen atoms in total. The van der Waals surface area contributed by atoms with E-state index in [0.29, 0.717) is 32.1 Å². The fourth-order valence-corrected chi connectivity index (χ4v) is 3.19. The number of carbonyl (C=O) groups is 1. The third-order valence-corrected chi connectivity index (χ3v) is 4.59. The van der Waals surface area contributed by atoms with E-state index in [1.807, 2.05) is 37.3 Å². The van der Waals surface area contributed by atoms with Crippen molar-refractivity contribution in [3.05, 3.63) is 36.5 Å². The lowest BCUT2D eigenvalue weighted by atomic mass is 9.89. The van der Waals surface area contributed by atoms with Crippen molar-refractivity contribution in [3.8, 4) is 0 Å². The Morgan fingerprint density at radius 3 is 2.60 bits per heavy atom. The highest BCUT2D eigenvalue weighted by molar-refractivity contribution is 5.66. The number of unbranched alkanes of at least 4 members (excludes halogenated alkanes) is 1. The topological polar surface area (TPSA) is 98.0 Å². The second kappa shape index (κ2) is 12.0. The van der Waals surface area contributed by atoms with E-state index in [4.69, 9.17) is 5.11 Å². The third kappa shape index (κ3) is 8.47. The van der Waals surface area contributed by atoms with Gasteiger partial charge in [-0.2, -0.15) is 0 Å². The average Bonchev–Trinajstić information content (AvgIpc) is 2.82. The molecule has 0 saturated heterocycles. The Hall–Kier alpha value is -1.43. The van der Waals surface area contributed by atoms with Crippen LogP contribution < -0.4 is 0 Å². The first-order valence-electron chi connectivity index (χ1n) is 9.20. The molecule has 0 aromatic rings. The summed E-state index contributed by atoms with van der Waals surface area (Å²) in [4.78, 5) is 10.5. The summed E-state index contributed by atoms with van der Waals surface area (Å²) in [5, 5.41) is 38.9. The number of carboxylic acids is 1. The van der Waals surface area contributed by atoms with E-state index in [2.05, 4.69) is 0 Å². The summed E-state index contributed by atoms with van der Waals surface area (Å²) in [5.74, 6) is -1.05. The maximum absolute atomic E-state index is 10.5. The van der Waals surface area contributed by atoms with Gasteiger partial charge in [0.25, 0.3) is 0 Å². The van der Waals surface area contributed by atoms with Crippen molar-refractivity contribution in [1.29, 1.82) is 0 Å². The van der Waals surface area contributed by atoms with Gasteiger partial charge in [0.05, 0.1) is 18.3 Å². The van der Waals surface area contributed by atoms with Gasteiger partial charge in [-0.15, -0.1) is 0 Å². The van der Waals surface area contributed by atoms with Crippen molar-refractivity contribution in [1.82, 2.24) is 0 Å². The molecule has 1 rings (SSSR count). The van der Waals surface area contributed by atoms with Crippen LogP contribution in [0.3, 0.4) is 0 Å². The molecule has 1 aliphatic rings. The van der Waals surface area contributed by atoms with Crippen LogP contribution in [0.1, 0.15) is 51.9 Å². The molecule has 5 unspecified atom stereocenters. The Kier molecular flexibility index (Phi) is 10.4. The molecule has 0 bridgehead atoms. The first-order chi connectivity index (χ1) is 12.0. The Morgan fingerprint density at radius 2 is 1.92 bits per heavy atom. The van der Waals surface area contributed by atoms with Crippen LogP contribution >= 0.6 is 0 Å². The molecule has 5 heteroatoms. The van der Waals surface area contributed by atoms with Crippen LogP contribution in [-0.2, 0) is 4.79 Å². The number of carboxylic acid groups (broad SMARTS) is 1. The first kappa shape index (κ1) is 21.6. The molecular formula is C20H32O5. The highest BCUT2D eigenvalue weighted by Crippen LogP contribution is 2.36. The second-order valence-corrected chi connectivity index (χ2v) is 6.67. The SMILES string of the molecule is CC/C=C/CC(O)/C=C/C1C(O)CC(O)C1C/C=C/CCCC(=O)O. The Bertz CT molecular complexity index is 469. The fourth-order valence-electron chi connectivity index (χ4n) is 3.19. The van der Waals surface area contributed by atoms with Crippen molar-refractivity contribution < 1.29 is 25.2 Å². The van der Waals surface area contributed by atoms with Crippen LogP contribution in [0.2, 0.25) is 0 Å². The Morgan fingerprint density at radius 1 is 1.16 bits per heavy atom. The predicted molar refractivity (Wildman–Crippen MR) is 98.0 cm³/mol. The number of allylic oxidation sites excluding steroid dienone is 3. The summed E-state index contributed by atoms with van der Waals surface area (Å²) in [6.07, 6.45) is 13.5. The lowest BCUT2D eigenvalue weighted by molar-refractivity contribution is -0.137. The zero-order chi connectivity index (χ0) is 18.7. The second-order valence-electron chi connectivity index (χ2n) is 6.67. The molecule has 5 atom stereocenters. The lowest BCUT2D eigenvalue weighted by Crippen LogP contribution is -2.20. The van der Waals surface area contributed by atoms with Crippen LogP contribution in [0, 0.1) is 11.8 Å². The minimum absolute atomic E-state index is 0.0830. The molecule has 0 radical (unpaired) electrons. The van der Waals surface area contributed by atoms with Crippen LogP contribution in [0.5, 0.6) is 0 Å². The number of hydrogen-bond acceptors (Lipinski definition) is 4. The Balaban J connectivity index is 2.50. The van der Waals surface area contributed by atoms with Gasteiger partial charge in [-0.05, 0) is 38.0 Å². The fraction of sp³-hybridized carbons (Fsp3) is 0.650. The molecule has 25 heavy (non-hydrogen) atoms. The molecule has 1 saturated carbocycles. The van der Waals surface area contributed by atoms with Gasteiger partial charge in [0.15, 0.2) is 0 Å². The summed E-state index contributed by atoms with van der Waals surface area (Å²) in [6, 6.07) is 0. The van der Waals surface area contributed by atoms with E-state index in [0.717, 1.165) is 6.42 Å². The zero-order valence-corrected chi connectivity index (χ0v) is 15.0. The molecule has 0 aliphatic heterocycles. The van der Waals surface area contributed by atoms with Gasteiger partial charge >= 0.3 is 5.97 Å². The van der Waals surface area contributed by atoms with E-state index in [-0.39, 0.29) is 18.3 Å². The first-order valence-corrected chi connectivity index (χ1v) is 9.20. The quantitative estimate of drug-likeness (QED) is 0.339. The van der Waals surface area contributed by atoms with Gasteiger partial charge in [-0.1, -0.05) is 43.4 Å². The molecule has 4 N–H and O–H groups in total. The number of aliphatic carboxylic acids is 1. The maximum Gasteiger partial charge on any atom is 0.303 e. The summed E-state index contributed by atoms with van der Waals surface area (Å²) < 4.78 is 0. The van der Waals surface area contributed by atoms with Gasteiger partial charge in [-0.3, -0.25) is 4.79 Å². The molecule has 1 aliphatic carbocycles. The molecule has 0 aromatic carbocycles. The van der Waals surface area contributed by atoms with Crippen molar-refractivity contribution >= 4 is 5.97 Å². The zero-order valence-electron chi connectivity index (χ0n) is 15.0. The van der Waals surface area contributed by atoms with E-state index in [1.165, 1.54) is 0 Å². The normalized spacial score (nSPS) is 28.5.